The predicted octanol–water partition coefficient (Wildman–Crippen LogP) is 0.156. The van der Waals surface area contributed by atoms with Gasteiger partial charge in [0.2, 0.25) is 10.0 Å². The number of amides is 1. The molecule has 1 rings (SSSR count). The fourth-order valence-electron chi connectivity index (χ4n) is 1.70. The molecule has 0 saturated carbocycles. The minimum absolute atomic E-state index is 0.0587. The van der Waals surface area contributed by atoms with Crippen LogP contribution in [0.2, 0.25) is 0 Å². The maximum absolute atomic E-state index is 12.2. The van der Waals surface area contributed by atoms with E-state index in [0.29, 0.717) is 13.1 Å². The Kier molecular flexibility index (Phi) is 5.73. The van der Waals surface area contributed by atoms with Crippen molar-refractivity contribution in [3.05, 3.63) is 18.0 Å². The van der Waals surface area contributed by atoms with E-state index >= 15 is 0 Å². The Balaban J connectivity index is 2.89. The number of nitrogens with one attached hydrogen (secondary N) is 2. The zero-order chi connectivity index (χ0) is 15.3. The van der Waals surface area contributed by atoms with Crippen molar-refractivity contribution in [1.29, 1.82) is 0 Å². The molecule has 0 radical (unpaired) electrons. The van der Waals surface area contributed by atoms with E-state index in [1.807, 2.05) is 0 Å². The van der Waals surface area contributed by atoms with Gasteiger partial charge in [-0.2, -0.15) is 4.31 Å². The van der Waals surface area contributed by atoms with Crippen molar-refractivity contribution in [2.24, 2.45) is 0 Å². The molecule has 114 valence electrons. The summed E-state index contributed by atoms with van der Waals surface area (Å²) in [7, 11) is -3.57. The average molecular weight is 303 g/mol. The summed E-state index contributed by atoms with van der Waals surface area (Å²) in [5, 5.41) is 11.6. The number of sulfonamides is 1. The smallest absolute Gasteiger partial charge is 0.267 e. The Hall–Kier alpha value is -1.38. The van der Waals surface area contributed by atoms with Crippen LogP contribution in [0.15, 0.2) is 17.2 Å². The molecule has 1 atom stereocenters. The summed E-state index contributed by atoms with van der Waals surface area (Å²) in [5.41, 5.74) is 0.149. The number of carbonyl (C=O) groups is 1. The molecular formula is C12H21N3O4S. The van der Waals surface area contributed by atoms with Gasteiger partial charge in [0.05, 0.1) is 6.10 Å². The van der Waals surface area contributed by atoms with Crippen LogP contribution in [0, 0.1) is 0 Å². The molecular weight excluding hydrogens is 282 g/mol. The quantitative estimate of drug-likeness (QED) is 0.667. The van der Waals surface area contributed by atoms with Crippen LogP contribution in [0.4, 0.5) is 0 Å². The number of hydrogen-bond donors (Lipinski definition) is 3. The lowest BCUT2D eigenvalue weighted by Gasteiger charge is -2.16. The molecule has 7 nitrogen and oxygen atoms in total. The minimum atomic E-state index is -3.57. The summed E-state index contributed by atoms with van der Waals surface area (Å²) < 4.78 is 25.8. The highest BCUT2D eigenvalue weighted by Gasteiger charge is 2.24. The molecule has 3 N–H and O–H groups in total. The van der Waals surface area contributed by atoms with Crippen molar-refractivity contribution in [2.75, 3.05) is 19.6 Å². The Morgan fingerprint density at radius 1 is 1.45 bits per heavy atom. The van der Waals surface area contributed by atoms with Crippen molar-refractivity contribution < 1.29 is 18.3 Å². The fraction of sp³-hybridized carbons (Fsp3) is 0.583. The van der Waals surface area contributed by atoms with E-state index in [1.54, 1.807) is 20.8 Å². The molecule has 0 spiro atoms. The van der Waals surface area contributed by atoms with Crippen LogP contribution in [0.5, 0.6) is 0 Å². The zero-order valence-electron chi connectivity index (χ0n) is 11.9. The van der Waals surface area contributed by atoms with Gasteiger partial charge in [0.15, 0.2) is 0 Å². The summed E-state index contributed by atoms with van der Waals surface area (Å²) in [6.07, 6.45) is 0.637. The van der Waals surface area contributed by atoms with E-state index in [-0.39, 0.29) is 17.1 Å². The summed E-state index contributed by atoms with van der Waals surface area (Å²) in [6, 6.07) is 1.30. The van der Waals surface area contributed by atoms with Crippen LogP contribution in [0.3, 0.4) is 0 Å². The maximum atomic E-state index is 12.2. The molecule has 1 aromatic rings. The Bertz CT molecular complexity index is 547. The van der Waals surface area contributed by atoms with E-state index in [1.165, 1.54) is 16.6 Å². The molecule has 8 heteroatoms. The Labute approximate surface area is 119 Å². The van der Waals surface area contributed by atoms with Gasteiger partial charge in [0.25, 0.3) is 5.91 Å². The summed E-state index contributed by atoms with van der Waals surface area (Å²) in [6.45, 7) is 5.90. The third kappa shape index (κ3) is 3.81. The van der Waals surface area contributed by atoms with Crippen molar-refractivity contribution in [3.63, 3.8) is 0 Å². The third-order valence-electron chi connectivity index (χ3n) is 2.80. The highest BCUT2D eigenvalue weighted by molar-refractivity contribution is 7.89. The number of aromatic nitrogens is 1. The van der Waals surface area contributed by atoms with Gasteiger partial charge in [0.1, 0.15) is 10.6 Å². The van der Waals surface area contributed by atoms with Gasteiger partial charge in [-0.05, 0) is 13.0 Å². The molecule has 0 aromatic carbocycles. The summed E-state index contributed by atoms with van der Waals surface area (Å²) in [5.74, 6) is -0.452. The lowest BCUT2D eigenvalue weighted by Crippen LogP contribution is -2.31. The van der Waals surface area contributed by atoms with Crippen LogP contribution in [-0.2, 0) is 10.0 Å². The minimum Gasteiger partial charge on any atom is -0.392 e. The summed E-state index contributed by atoms with van der Waals surface area (Å²) >= 11 is 0. The van der Waals surface area contributed by atoms with Gasteiger partial charge in [-0.15, -0.1) is 0 Å². The second-order valence-corrected chi connectivity index (χ2v) is 6.34. The van der Waals surface area contributed by atoms with E-state index in [4.69, 9.17) is 5.11 Å². The predicted molar refractivity (Wildman–Crippen MR) is 74.9 cm³/mol. The van der Waals surface area contributed by atoms with Crippen LogP contribution in [0.1, 0.15) is 31.3 Å². The first kappa shape index (κ1) is 16.7. The molecule has 20 heavy (non-hydrogen) atoms. The first-order valence-electron chi connectivity index (χ1n) is 6.47. The fourth-order valence-corrected chi connectivity index (χ4v) is 3.16. The number of nitrogens with zero attached hydrogens (tertiary/aromatic N) is 1. The zero-order valence-corrected chi connectivity index (χ0v) is 12.7. The van der Waals surface area contributed by atoms with Crippen LogP contribution in [-0.4, -0.2) is 54.5 Å². The van der Waals surface area contributed by atoms with Crippen molar-refractivity contribution in [3.8, 4) is 0 Å². The highest BCUT2D eigenvalue weighted by atomic mass is 32.2. The second-order valence-electron chi connectivity index (χ2n) is 4.40. The monoisotopic (exact) mass is 303 g/mol. The first-order valence-corrected chi connectivity index (χ1v) is 7.91. The Morgan fingerprint density at radius 2 is 2.05 bits per heavy atom. The van der Waals surface area contributed by atoms with Gasteiger partial charge in [-0.3, -0.25) is 4.79 Å². The van der Waals surface area contributed by atoms with E-state index in [9.17, 15) is 13.2 Å². The first-order chi connectivity index (χ1) is 9.32. The third-order valence-corrected chi connectivity index (χ3v) is 4.83. The number of hydrogen-bond acceptors (Lipinski definition) is 4. The number of H-pyrrole nitrogens is 1. The molecule has 0 unspecified atom stereocenters. The SMILES string of the molecule is CCN(CC)S(=O)(=O)c1c[nH]c(C(=O)NC[C@@H](C)O)c1. The standard InChI is InChI=1S/C12H21N3O4S/c1-4-15(5-2)20(18,19)10-6-11(13-8-10)12(17)14-7-9(3)16/h6,8-9,13,16H,4-5,7H2,1-3H3,(H,14,17)/t9-/m1/s1. The molecule has 0 fully saturated rings. The number of aromatic amines is 1. The van der Waals surface area contributed by atoms with E-state index in [0.717, 1.165) is 0 Å². The van der Waals surface area contributed by atoms with Gasteiger partial charge in [-0.1, -0.05) is 13.8 Å². The molecule has 1 aromatic heterocycles. The van der Waals surface area contributed by atoms with Crippen molar-refractivity contribution in [2.45, 2.75) is 31.8 Å². The molecule has 0 aliphatic heterocycles. The van der Waals surface area contributed by atoms with Gasteiger partial charge in [0, 0.05) is 25.8 Å². The molecule has 1 heterocycles. The molecule has 1 amide bonds. The van der Waals surface area contributed by atoms with Crippen LogP contribution in [0.25, 0.3) is 0 Å². The maximum Gasteiger partial charge on any atom is 0.267 e. The van der Waals surface area contributed by atoms with E-state index < -0.39 is 22.0 Å². The normalized spacial score (nSPS) is 13.4. The van der Waals surface area contributed by atoms with Gasteiger partial charge < -0.3 is 15.4 Å². The lowest BCUT2D eigenvalue weighted by atomic mass is 10.3. The average Bonchev–Trinajstić information content (AvgIpc) is 2.87. The number of rotatable bonds is 7. The number of aliphatic hydroxyl groups excluding tert-OH is 1. The summed E-state index contributed by atoms with van der Waals surface area (Å²) in [4.78, 5) is 14.4. The highest BCUT2D eigenvalue weighted by Crippen LogP contribution is 2.16. The van der Waals surface area contributed by atoms with Gasteiger partial charge >= 0.3 is 0 Å². The van der Waals surface area contributed by atoms with Crippen molar-refractivity contribution >= 4 is 15.9 Å². The topological polar surface area (TPSA) is 103 Å². The van der Waals surface area contributed by atoms with Crippen LogP contribution < -0.4 is 5.32 Å². The Morgan fingerprint density at radius 3 is 2.55 bits per heavy atom. The molecule has 0 aliphatic rings. The number of carbonyl (C=O) groups excluding carboxylic acids is 1. The molecule has 0 aliphatic carbocycles. The largest absolute Gasteiger partial charge is 0.392 e. The van der Waals surface area contributed by atoms with Crippen LogP contribution >= 0.6 is 0 Å². The number of aliphatic hydroxyl groups is 1. The van der Waals surface area contributed by atoms with Crippen molar-refractivity contribution in [1.82, 2.24) is 14.6 Å². The van der Waals surface area contributed by atoms with Gasteiger partial charge in [-0.25, -0.2) is 8.42 Å². The lowest BCUT2D eigenvalue weighted by molar-refractivity contribution is 0.0919. The van der Waals surface area contributed by atoms with E-state index in [2.05, 4.69) is 10.3 Å². The molecule has 0 saturated heterocycles. The second kappa shape index (κ2) is 6.87. The molecule has 0 bridgehead atoms.